The average molecular weight is 301 g/mol. The van der Waals surface area contributed by atoms with Crippen molar-refractivity contribution in [1.29, 1.82) is 0 Å². The molecule has 0 spiro atoms. The van der Waals surface area contributed by atoms with Crippen LogP contribution in [0.5, 0.6) is 0 Å². The summed E-state index contributed by atoms with van der Waals surface area (Å²) in [5, 5.41) is 4.72. The monoisotopic (exact) mass is 300 g/mol. The van der Waals surface area contributed by atoms with Crippen molar-refractivity contribution in [2.45, 2.75) is 20.3 Å². The molecule has 0 atom stereocenters. The van der Waals surface area contributed by atoms with E-state index in [2.05, 4.69) is 17.1 Å². The molecule has 0 bridgehead atoms. The van der Waals surface area contributed by atoms with E-state index in [1.54, 1.807) is 7.11 Å². The summed E-state index contributed by atoms with van der Waals surface area (Å²) in [7, 11) is 1.70. The van der Waals surface area contributed by atoms with Crippen LogP contribution in [0, 0.1) is 6.92 Å². The summed E-state index contributed by atoms with van der Waals surface area (Å²) in [4.78, 5) is 2.11. The second kappa shape index (κ2) is 8.35. The molecule has 1 aromatic rings. The minimum absolute atomic E-state index is 0.663. The van der Waals surface area contributed by atoms with E-state index in [1.807, 2.05) is 25.1 Å². The third-order valence-corrected chi connectivity index (χ3v) is 3.63. The van der Waals surface area contributed by atoms with Gasteiger partial charge < -0.3 is 15.0 Å². The number of thiocarbonyl (C=S) groups is 1. The number of nitrogens with zero attached hydrogens (tertiary/aromatic N) is 1. The zero-order chi connectivity index (χ0) is 14.3. The van der Waals surface area contributed by atoms with Crippen molar-refractivity contribution >= 4 is 34.6 Å². The van der Waals surface area contributed by atoms with Gasteiger partial charge in [-0.1, -0.05) is 24.6 Å². The summed E-state index contributed by atoms with van der Waals surface area (Å²) in [5.74, 6) is 0. The van der Waals surface area contributed by atoms with Gasteiger partial charge in [0, 0.05) is 30.9 Å². The highest BCUT2D eigenvalue weighted by atomic mass is 35.5. The van der Waals surface area contributed by atoms with Gasteiger partial charge in [-0.15, -0.1) is 0 Å². The van der Waals surface area contributed by atoms with Crippen molar-refractivity contribution in [3.8, 4) is 0 Å². The van der Waals surface area contributed by atoms with Gasteiger partial charge in [0.25, 0.3) is 0 Å². The number of methoxy groups -OCH3 is 1. The molecule has 0 radical (unpaired) electrons. The van der Waals surface area contributed by atoms with E-state index in [0.717, 1.165) is 35.8 Å². The number of anilines is 1. The minimum atomic E-state index is 0.663. The van der Waals surface area contributed by atoms with Gasteiger partial charge in [-0.25, -0.2) is 0 Å². The lowest BCUT2D eigenvalue weighted by atomic mass is 10.2. The molecule has 19 heavy (non-hydrogen) atoms. The topological polar surface area (TPSA) is 24.5 Å². The van der Waals surface area contributed by atoms with Crippen LogP contribution in [0.25, 0.3) is 0 Å². The SMILES string of the molecule is CCCN(CCOC)C(=S)Nc1cccc(Cl)c1C. The molecule has 0 aromatic heterocycles. The van der Waals surface area contributed by atoms with E-state index < -0.39 is 0 Å². The Morgan fingerprint density at radius 2 is 2.16 bits per heavy atom. The van der Waals surface area contributed by atoms with E-state index in [1.165, 1.54) is 0 Å². The summed E-state index contributed by atoms with van der Waals surface area (Å²) in [6, 6.07) is 5.77. The van der Waals surface area contributed by atoms with Crippen molar-refractivity contribution in [1.82, 2.24) is 4.90 Å². The maximum Gasteiger partial charge on any atom is 0.173 e. The van der Waals surface area contributed by atoms with E-state index in [4.69, 9.17) is 28.6 Å². The Morgan fingerprint density at radius 1 is 1.42 bits per heavy atom. The number of ether oxygens (including phenoxy) is 1. The zero-order valence-corrected chi connectivity index (χ0v) is 13.3. The molecule has 5 heteroatoms. The van der Waals surface area contributed by atoms with Crippen LogP contribution in [0.3, 0.4) is 0 Å². The van der Waals surface area contributed by atoms with Gasteiger partial charge in [-0.3, -0.25) is 0 Å². The summed E-state index contributed by atoms with van der Waals surface area (Å²) in [5.41, 5.74) is 1.96. The van der Waals surface area contributed by atoms with Gasteiger partial charge in [0.15, 0.2) is 5.11 Å². The fraction of sp³-hybridized carbons (Fsp3) is 0.500. The lowest BCUT2D eigenvalue weighted by Gasteiger charge is -2.25. The molecule has 0 amide bonds. The number of halogens is 1. The van der Waals surface area contributed by atoms with Gasteiger partial charge in [0.05, 0.1) is 6.61 Å². The molecule has 0 unspecified atom stereocenters. The smallest absolute Gasteiger partial charge is 0.173 e. The van der Waals surface area contributed by atoms with E-state index in [0.29, 0.717) is 11.7 Å². The van der Waals surface area contributed by atoms with Crippen LogP contribution in [-0.2, 0) is 4.74 Å². The van der Waals surface area contributed by atoms with Crippen LogP contribution in [0.15, 0.2) is 18.2 Å². The van der Waals surface area contributed by atoms with Crippen molar-refractivity contribution in [2.24, 2.45) is 0 Å². The standard InChI is InChI=1S/C14H21ClN2OS/c1-4-8-17(9-10-18-3)14(19)16-13-7-5-6-12(15)11(13)2/h5-7H,4,8-10H2,1-3H3,(H,16,19). The van der Waals surface area contributed by atoms with Gasteiger partial charge in [-0.2, -0.15) is 0 Å². The minimum Gasteiger partial charge on any atom is -0.383 e. The average Bonchev–Trinajstić information content (AvgIpc) is 2.39. The first kappa shape index (κ1) is 16.2. The van der Waals surface area contributed by atoms with E-state index in [-0.39, 0.29) is 0 Å². The summed E-state index contributed by atoms with van der Waals surface area (Å²) in [6.07, 6.45) is 1.04. The molecule has 3 nitrogen and oxygen atoms in total. The summed E-state index contributed by atoms with van der Waals surface area (Å²) >= 11 is 11.6. The highest BCUT2D eigenvalue weighted by Gasteiger charge is 2.10. The maximum absolute atomic E-state index is 6.10. The fourth-order valence-electron chi connectivity index (χ4n) is 1.72. The van der Waals surface area contributed by atoms with Crippen LogP contribution in [0.4, 0.5) is 5.69 Å². The highest BCUT2D eigenvalue weighted by Crippen LogP contribution is 2.23. The molecule has 1 N–H and O–H groups in total. The van der Waals surface area contributed by atoms with Crippen LogP contribution < -0.4 is 5.32 Å². The molecule has 106 valence electrons. The second-order valence-corrected chi connectivity index (χ2v) is 5.12. The van der Waals surface area contributed by atoms with Crippen molar-refractivity contribution in [2.75, 3.05) is 32.1 Å². The maximum atomic E-state index is 6.10. The fourth-order valence-corrected chi connectivity index (χ4v) is 2.19. The molecule has 1 rings (SSSR count). The molecule has 0 heterocycles. The lowest BCUT2D eigenvalue weighted by Crippen LogP contribution is -2.37. The predicted molar refractivity (Wildman–Crippen MR) is 86.1 cm³/mol. The van der Waals surface area contributed by atoms with Gasteiger partial charge in [-0.05, 0) is 43.3 Å². The number of nitrogens with one attached hydrogen (secondary N) is 1. The summed E-state index contributed by atoms with van der Waals surface area (Å²) < 4.78 is 5.11. The molecular formula is C14H21ClN2OS. The number of hydrogen-bond donors (Lipinski definition) is 1. The van der Waals surface area contributed by atoms with Crippen LogP contribution in [0.2, 0.25) is 5.02 Å². The first-order valence-electron chi connectivity index (χ1n) is 6.40. The van der Waals surface area contributed by atoms with Crippen molar-refractivity contribution < 1.29 is 4.74 Å². The second-order valence-electron chi connectivity index (χ2n) is 4.32. The van der Waals surface area contributed by atoms with Crippen LogP contribution in [-0.4, -0.2) is 36.8 Å². The normalized spacial score (nSPS) is 10.3. The number of rotatable bonds is 6. The van der Waals surface area contributed by atoms with Gasteiger partial charge in [0.1, 0.15) is 0 Å². The predicted octanol–water partition coefficient (Wildman–Crippen LogP) is 3.70. The van der Waals surface area contributed by atoms with Crippen molar-refractivity contribution in [3.05, 3.63) is 28.8 Å². The lowest BCUT2D eigenvalue weighted by molar-refractivity contribution is 0.177. The summed E-state index contributed by atoms with van der Waals surface area (Å²) in [6.45, 7) is 6.47. The highest BCUT2D eigenvalue weighted by molar-refractivity contribution is 7.80. The van der Waals surface area contributed by atoms with Gasteiger partial charge in [0.2, 0.25) is 0 Å². The van der Waals surface area contributed by atoms with Gasteiger partial charge >= 0.3 is 0 Å². The molecule has 1 aromatic carbocycles. The first-order valence-corrected chi connectivity index (χ1v) is 7.18. The Kier molecular flexibility index (Phi) is 7.13. The molecule has 0 fully saturated rings. The quantitative estimate of drug-likeness (QED) is 0.810. The largest absolute Gasteiger partial charge is 0.383 e. The molecule has 0 aliphatic carbocycles. The zero-order valence-electron chi connectivity index (χ0n) is 11.7. The molecular weight excluding hydrogens is 280 g/mol. The Hall–Kier alpha value is -0.840. The molecule has 0 saturated carbocycles. The Labute approximate surface area is 125 Å². The van der Waals surface area contributed by atoms with E-state index >= 15 is 0 Å². The van der Waals surface area contributed by atoms with E-state index in [9.17, 15) is 0 Å². The third-order valence-electron chi connectivity index (χ3n) is 2.86. The molecule has 0 aliphatic heterocycles. The van der Waals surface area contributed by atoms with Crippen molar-refractivity contribution in [3.63, 3.8) is 0 Å². The molecule has 0 saturated heterocycles. The van der Waals surface area contributed by atoms with Crippen LogP contribution >= 0.6 is 23.8 Å². The number of benzene rings is 1. The Bertz CT molecular complexity index is 426. The first-order chi connectivity index (χ1) is 9.10. The number of hydrogen-bond acceptors (Lipinski definition) is 2. The Balaban J connectivity index is 2.72. The van der Waals surface area contributed by atoms with Crippen LogP contribution in [0.1, 0.15) is 18.9 Å². The molecule has 0 aliphatic rings. The Morgan fingerprint density at radius 3 is 2.79 bits per heavy atom. The third kappa shape index (κ3) is 4.97.